The van der Waals surface area contributed by atoms with Crippen LogP contribution in [0.1, 0.15) is 43.5 Å². The molecule has 5 aromatic heterocycles. The van der Waals surface area contributed by atoms with Crippen molar-refractivity contribution in [3.8, 4) is 11.1 Å². The number of amides is 3. The molecule has 1 aromatic carbocycles. The normalized spacial score (nSPS) is 16.4. The Kier molecular flexibility index (Phi) is 12.2. The second-order valence-electron chi connectivity index (χ2n) is 14.2. The quantitative estimate of drug-likeness (QED) is 0.0704. The van der Waals surface area contributed by atoms with Crippen LogP contribution in [0.5, 0.6) is 0 Å². The van der Waals surface area contributed by atoms with Crippen LogP contribution in [0.2, 0.25) is 0 Å². The lowest BCUT2D eigenvalue weighted by molar-refractivity contribution is -0.136. The molecule has 21 heteroatoms. The zero-order valence-electron chi connectivity index (χ0n) is 32.2. The van der Waals surface area contributed by atoms with Crippen molar-refractivity contribution in [2.24, 2.45) is 0 Å². The zero-order valence-corrected chi connectivity index (χ0v) is 32.2. The molecule has 0 bridgehead atoms. The number of rotatable bonds is 18. The summed E-state index contributed by atoms with van der Waals surface area (Å²) in [5.41, 5.74) is 2.85. The zero-order chi connectivity index (χ0) is 40.6. The van der Waals surface area contributed by atoms with Gasteiger partial charge in [-0.15, -0.1) is 15.3 Å². The first-order chi connectivity index (χ1) is 28.9. The molecule has 2 aliphatic rings. The van der Waals surface area contributed by atoms with Gasteiger partial charge in [0.2, 0.25) is 17.8 Å². The number of furan rings is 1. The number of aromatic nitrogens is 9. The minimum absolute atomic E-state index is 0.0270. The molecule has 2 aliphatic heterocycles. The fraction of sp³-hybridized carbons (Fsp3) is 0.421. The highest BCUT2D eigenvalue weighted by Gasteiger charge is 2.30. The number of anilines is 2. The summed E-state index contributed by atoms with van der Waals surface area (Å²) in [5.74, 6) is 0.201. The molecule has 0 aliphatic carbocycles. The highest BCUT2D eigenvalue weighted by molar-refractivity contribution is 5.99. The molecule has 0 radical (unpaired) electrons. The Morgan fingerprint density at radius 2 is 1.85 bits per heavy atom. The largest absolute Gasteiger partial charge is 0.467 e. The van der Waals surface area contributed by atoms with E-state index in [4.69, 9.17) is 19.0 Å². The molecule has 59 heavy (non-hydrogen) atoms. The lowest BCUT2D eigenvalue weighted by Crippen LogP contribution is -2.45. The maximum absolute atomic E-state index is 13.1. The third-order valence-electron chi connectivity index (χ3n) is 10.3. The third-order valence-corrected chi connectivity index (χ3v) is 10.3. The molecule has 21 nitrogen and oxygen atoms in total. The van der Waals surface area contributed by atoms with Gasteiger partial charge >= 0.3 is 0 Å². The summed E-state index contributed by atoms with van der Waals surface area (Å²) in [6, 6.07) is 7.97. The number of carbonyl (C=O) groups excluding carboxylic acids is 3. The number of nitrogens with one attached hydrogen (secondary N) is 4. The van der Waals surface area contributed by atoms with Crippen molar-refractivity contribution in [3.63, 3.8) is 0 Å². The Morgan fingerprint density at radius 3 is 2.68 bits per heavy atom. The second-order valence-corrected chi connectivity index (χ2v) is 14.2. The first-order valence-corrected chi connectivity index (χ1v) is 19.5. The summed E-state index contributed by atoms with van der Waals surface area (Å²) in [4.78, 5) is 56.3. The van der Waals surface area contributed by atoms with Crippen molar-refractivity contribution >= 4 is 45.9 Å². The Hall–Kier alpha value is -6.58. The molecule has 3 amide bonds. The molecule has 2 fully saturated rings. The highest BCUT2D eigenvalue weighted by atomic mass is 16.5. The van der Waals surface area contributed by atoms with Crippen LogP contribution in [-0.4, -0.2) is 126 Å². The van der Waals surface area contributed by atoms with Crippen molar-refractivity contribution in [2.75, 3.05) is 69.8 Å². The molecule has 0 spiro atoms. The van der Waals surface area contributed by atoms with Crippen LogP contribution >= 0.6 is 0 Å². The van der Waals surface area contributed by atoms with Crippen LogP contribution in [0.25, 0.3) is 27.7 Å². The van der Waals surface area contributed by atoms with Crippen LogP contribution in [0.3, 0.4) is 0 Å². The number of fused-ring (bicyclic) bond motifs is 2. The van der Waals surface area contributed by atoms with Gasteiger partial charge in [0.15, 0.2) is 5.65 Å². The molecule has 0 saturated carbocycles. The van der Waals surface area contributed by atoms with E-state index < -0.39 is 17.5 Å². The van der Waals surface area contributed by atoms with Gasteiger partial charge in [0.05, 0.1) is 63.4 Å². The van der Waals surface area contributed by atoms with E-state index in [0.717, 1.165) is 54.0 Å². The van der Waals surface area contributed by atoms with Gasteiger partial charge in [-0.3, -0.25) is 33.6 Å². The first kappa shape index (κ1) is 39.3. The van der Waals surface area contributed by atoms with Crippen molar-refractivity contribution < 1.29 is 28.3 Å². The average molecular weight is 809 g/mol. The van der Waals surface area contributed by atoms with Gasteiger partial charge in [-0.25, -0.2) is 4.98 Å². The van der Waals surface area contributed by atoms with Crippen molar-refractivity contribution in [3.05, 3.63) is 77.6 Å². The first-order valence-electron chi connectivity index (χ1n) is 19.5. The number of likely N-dealkylation sites (tertiary alicyclic amines) is 1. The van der Waals surface area contributed by atoms with Gasteiger partial charge in [-0.2, -0.15) is 9.78 Å². The summed E-state index contributed by atoms with van der Waals surface area (Å²) in [6.45, 7) is 5.32. The Bertz CT molecular complexity index is 2460. The van der Waals surface area contributed by atoms with Crippen LogP contribution < -0.4 is 26.8 Å². The van der Waals surface area contributed by atoms with E-state index in [-0.39, 0.29) is 36.6 Å². The van der Waals surface area contributed by atoms with Gasteiger partial charge in [-0.05, 0) is 49.6 Å². The molecule has 6 aromatic rings. The van der Waals surface area contributed by atoms with Crippen LogP contribution in [0.15, 0.2) is 70.7 Å². The number of carbonyl (C=O) groups is 3. The summed E-state index contributed by atoms with van der Waals surface area (Å²) < 4.78 is 21.7. The highest BCUT2D eigenvalue weighted by Crippen LogP contribution is 2.28. The molecule has 8 rings (SSSR count). The minimum atomic E-state index is -0.918. The van der Waals surface area contributed by atoms with Crippen molar-refractivity contribution in [1.82, 2.24) is 59.9 Å². The van der Waals surface area contributed by atoms with Gasteiger partial charge in [-0.1, -0.05) is 5.21 Å². The van der Waals surface area contributed by atoms with E-state index in [1.54, 1.807) is 37.0 Å². The summed E-state index contributed by atoms with van der Waals surface area (Å²) in [5, 5.41) is 32.6. The third kappa shape index (κ3) is 9.43. The number of hydrogen-bond acceptors (Lipinski definition) is 16. The predicted octanol–water partition coefficient (Wildman–Crippen LogP) is 1.17. The van der Waals surface area contributed by atoms with Gasteiger partial charge in [0.25, 0.3) is 11.5 Å². The second kappa shape index (κ2) is 18.3. The van der Waals surface area contributed by atoms with Gasteiger partial charge in [0.1, 0.15) is 23.6 Å². The lowest BCUT2D eigenvalue weighted by atomic mass is 10.1. The Balaban J connectivity index is 0.686. The van der Waals surface area contributed by atoms with Crippen molar-refractivity contribution in [2.45, 2.75) is 44.3 Å². The average Bonchev–Trinajstić information content (AvgIpc) is 4.06. The van der Waals surface area contributed by atoms with E-state index in [0.29, 0.717) is 68.4 Å². The van der Waals surface area contributed by atoms with Crippen LogP contribution in [0, 0.1) is 0 Å². The number of piperidine rings is 2. The van der Waals surface area contributed by atoms with Crippen molar-refractivity contribution in [1.29, 1.82) is 0 Å². The number of imide groups is 1. The summed E-state index contributed by atoms with van der Waals surface area (Å²) in [7, 11) is 0. The van der Waals surface area contributed by atoms with E-state index in [1.165, 1.54) is 0 Å². The lowest BCUT2D eigenvalue weighted by Gasteiger charge is -2.31. The molecular weight excluding hydrogens is 765 g/mol. The Morgan fingerprint density at radius 1 is 0.983 bits per heavy atom. The Labute approximate surface area is 336 Å². The number of ether oxygens (including phenoxy) is 2. The molecule has 308 valence electrons. The topological polar surface area (TPSA) is 243 Å². The van der Waals surface area contributed by atoms with E-state index in [2.05, 4.69) is 57.9 Å². The smallest absolute Gasteiger partial charge is 0.278 e. The van der Waals surface area contributed by atoms with E-state index >= 15 is 0 Å². The number of hydrogen-bond donors (Lipinski definition) is 4. The fourth-order valence-corrected chi connectivity index (χ4v) is 7.12. The fourth-order valence-electron chi connectivity index (χ4n) is 7.12. The van der Waals surface area contributed by atoms with Gasteiger partial charge in [0, 0.05) is 61.8 Å². The number of nitrogens with zero attached hydrogens (tertiary/aromatic N) is 10. The molecule has 1 unspecified atom stereocenters. The maximum atomic E-state index is 13.1. The molecule has 4 N–H and O–H groups in total. The van der Waals surface area contributed by atoms with Crippen LogP contribution in [-0.2, 0) is 30.4 Å². The summed E-state index contributed by atoms with van der Waals surface area (Å²) >= 11 is 0. The maximum Gasteiger partial charge on any atom is 0.278 e. The molecule has 1 atom stereocenters. The molecular formula is C38H44N14O7. The minimum Gasteiger partial charge on any atom is -0.467 e. The monoisotopic (exact) mass is 808 g/mol. The molecule has 7 heterocycles. The van der Waals surface area contributed by atoms with E-state index in [1.807, 2.05) is 27.4 Å². The standard InChI is InChI=1S/C38H44N14O7/c53-33-6-5-32(36(55)45-33)52-37(56)29-18-26(3-4-31(29)46-48-52)40-22-34(54)39-9-14-57-16-17-58-15-12-49-10-7-27(8-11-49)51-23-25(19-44-51)30-21-42-38(50-24-43-47-35(30)50)41-20-28-2-1-13-59-28/h1-4,13,18-19,21,23-24,27,32,40H,5-12,14-17,20,22H2,(H,39,54)(H,41,42)(H,45,53,55). The predicted molar refractivity (Wildman–Crippen MR) is 211 cm³/mol. The molecule has 2 saturated heterocycles. The van der Waals surface area contributed by atoms with Gasteiger partial charge < -0.3 is 34.7 Å². The van der Waals surface area contributed by atoms with Crippen LogP contribution in [0.4, 0.5) is 11.6 Å². The summed E-state index contributed by atoms with van der Waals surface area (Å²) in [6.07, 6.45) is 11.2. The SMILES string of the molecule is O=C(CNc1ccc2nnn(C3CCC(=O)NC3=O)c(=O)c2c1)NCCOCCOCCN1CCC(n2cc(-c3cnc(NCc4ccco4)n4cnnc34)cn2)CC1. The van der Waals surface area contributed by atoms with E-state index in [9.17, 15) is 19.2 Å². The number of benzene rings is 1.